The van der Waals surface area contributed by atoms with Gasteiger partial charge in [-0.2, -0.15) is 0 Å². The van der Waals surface area contributed by atoms with Gasteiger partial charge >= 0.3 is 0 Å². The number of hydrogen-bond acceptors (Lipinski definition) is 3. The second kappa shape index (κ2) is 13.1. The van der Waals surface area contributed by atoms with Crippen LogP contribution in [0.4, 0.5) is 17.1 Å². The van der Waals surface area contributed by atoms with E-state index >= 15 is 0 Å². The Morgan fingerprint density at radius 3 is 1.91 bits per heavy atom. The Kier molecular flexibility index (Phi) is 7.40. The molecule has 4 heteroatoms. The molecule has 58 heavy (non-hydrogen) atoms. The Balaban J connectivity index is 0.971. The summed E-state index contributed by atoms with van der Waals surface area (Å²) in [4.78, 5) is 3.60. The minimum Gasteiger partial charge on any atom is -0.454 e. The summed E-state index contributed by atoms with van der Waals surface area (Å²) in [5.41, 5.74) is 12.1. The summed E-state index contributed by atoms with van der Waals surface area (Å²) in [6, 6.07) is 74.2. The average molecular weight is 759 g/mol. The van der Waals surface area contributed by atoms with E-state index in [1.165, 1.54) is 69.9 Å². The lowest BCUT2D eigenvalue weighted by Crippen LogP contribution is -2.10. The highest BCUT2D eigenvalue weighted by molar-refractivity contribution is 7.25. The normalized spacial score (nSPS) is 11.8. The maximum atomic E-state index is 6.62. The molecule has 0 amide bonds. The summed E-state index contributed by atoms with van der Waals surface area (Å²) < 4.78 is 10.3. The maximum absolute atomic E-state index is 6.62. The van der Waals surface area contributed by atoms with Gasteiger partial charge in [0.05, 0.1) is 11.2 Å². The fourth-order valence-corrected chi connectivity index (χ4v) is 10.2. The van der Waals surface area contributed by atoms with Gasteiger partial charge in [0.25, 0.3) is 0 Å². The molecule has 0 bridgehead atoms. The fraction of sp³-hybridized carbons (Fsp3) is 0. The van der Waals surface area contributed by atoms with Crippen molar-refractivity contribution in [2.45, 2.75) is 0 Å². The summed E-state index contributed by atoms with van der Waals surface area (Å²) in [5, 5.41) is 8.61. The van der Waals surface area contributed by atoms with Crippen molar-refractivity contribution in [1.29, 1.82) is 0 Å². The molecule has 0 saturated carbocycles. The molecule has 9 aromatic carbocycles. The number of benzene rings is 9. The smallest absolute Gasteiger partial charge is 0.159 e. The van der Waals surface area contributed by atoms with Gasteiger partial charge in [-0.3, -0.25) is 0 Å². The standard InChI is InChI=1S/C54H34N2OS/c1-2-14-39(15-3-1)56-48-21-8-6-18-46(48)52-47-33-28-38(34-51(47)58-54(52)56)35-24-29-40(30-25-35)55(49-22-11-20-45-44-17-7-9-23-50(44)57-53(45)49)41-31-26-37(27-32-41)43-19-10-13-36-12-4-5-16-42(36)43/h1-34H. The number of rotatable bonds is 6. The SMILES string of the molecule is c1ccc(-n2c3ccccc3c3c4ccc(-c5ccc(N(c6ccc(-c7cccc8ccccc78)cc6)c6cccc7c6oc6ccccc67)cc5)cc4sc32)cc1. The molecule has 0 fully saturated rings. The zero-order chi connectivity index (χ0) is 38.2. The molecular weight excluding hydrogens is 725 g/mol. The highest BCUT2D eigenvalue weighted by Crippen LogP contribution is 2.45. The summed E-state index contributed by atoms with van der Waals surface area (Å²) >= 11 is 1.87. The van der Waals surface area contributed by atoms with Crippen LogP contribution in [0, 0.1) is 0 Å². The lowest BCUT2D eigenvalue weighted by molar-refractivity contribution is 0.669. The molecule has 0 saturated heterocycles. The van der Waals surface area contributed by atoms with Crippen molar-refractivity contribution < 1.29 is 4.42 Å². The molecule has 3 heterocycles. The number of hydrogen-bond donors (Lipinski definition) is 0. The van der Waals surface area contributed by atoms with E-state index in [1.54, 1.807) is 0 Å². The molecular formula is C54H34N2OS. The lowest BCUT2D eigenvalue weighted by Gasteiger charge is -2.26. The first-order chi connectivity index (χ1) is 28.8. The largest absolute Gasteiger partial charge is 0.454 e. The molecule has 0 radical (unpaired) electrons. The van der Waals surface area contributed by atoms with Crippen LogP contribution in [0.25, 0.3) is 91.9 Å². The molecule has 0 unspecified atom stereocenters. The van der Waals surface area contributed by atoms with Crippen molar-refractivity contribution in [3.8, 4) is 27.9 Å². The highest BCUT2D eigenvalue weighted by atomic mass is 32.1. The van der Waals surface area contributed by atoms with Crippen LogP contribution in [-0.2, 0) is 0 Å². The monoisotopic (exact) mass is 758 g/mol. The molecule has 0 atom stereocenters. The second-order valence-corrected chi connectivity index (χ2v) is 15.9. The summed E-state index contributed by atoms with van der Waals surface area (Å²) in [6.45, 7) is 0. The predicted octanol–water partition coefficient (Wildman–Crippen LogP) is 15.9. The zero-order valence-corrected chi connectivity index (χ0v) is 32.2. The second-order valence-electron chi connectivity index (χ2n) is 14.9. The third-order valence-corrected chi connectivity index (χ3v) is 12.8. The Hall–Kier alpha value is -7.40. The molecule has 3 aromatic heterocycles. The summed E-state index contributed by atoms with van der Waals surface area (Å²) in [7, 11) is 0. The third-order valence-electron chi connectivity index (χ3n) is 11.6. The number of fused-ring (bicyclic) bond motifs is 9. The van der Waals surface area contributed by atoms with Gasteiger partial charge in [0, 0.05) is 48.7 Å². The Labute approximate surface area is 338 Å². The van der Waals surface area contributed by atoms with Crippen molar-refractivity contribution in [2.24, 2.45) is 0 Å². The Bertz CT molecular complexity index is 3500. The minimum absolute atomic E-state index is 0.869. The van der Waals surface area contributed by atoms with Gasteiger partial charge in [-0.1, -0.05) is 146 Å². The molecule has 0 spiro atoms. The van der Waals surface area contributed by atoms with Crippen LogP contribution in [0.1, 0.15) is 0 Å². The van der Waals surface area contributed by atoms with Crippen LogP contribution in [0.5, 0.6) is 0 Å². The van der Waals surface area contributed by atoms with Gasteiger partial charge in [-0.25, -0.2) is 0 Å². The molecule has 0 aliphatic carbocycles. The Morgan fingerprint density at radius 1 is 0.448 bits per heavy atom. The van der Waals surface area contributed by atoms with E-state index in [0.717, 1.165) is 39.0 Å². The van der Waals surface area contributed by atoms with E-state index < -0.39 is 0 Å². The van der Waals surface area contributed by atoms with Crippen molar-refractivity contribution >= 4 is 92.3 Å². The molecule has 12 rings (SSSR count). The first-order valence-corrected chi connectivity index (χ1v) is 20.5. The zero-order valence-electron chi connectivity index (χ0n) is 31.3. The number of aromatic nitrogens is 1. The molecule has 0 N–H and O–H groups in total. The van der Waals surface area contributed by atoms with E-state index in [-0.39, 0.29) is 0 Å². The minimum atomic E-state index is 0.869. The van der Waals surface area contributed by atoms with Crippen LogP contribution in [-0.4, -0.2) is 4.57 Å². The van der Waals surface area contributed by atoms with Gasteiger partial charge in [-0.05, 0) is 93.7 Å². The predicted molar refractivity (Wildman–Crippen MR) is 247 cm³/mol. The van der Waals surface area contributed by atoms with E-state index in [1.807, 2.05) is 23.5 Å². The molecule has 3 nitrogen and oxygen atoms in total. The summed E-state index contributed by atoms with van der Waals surface area (Å²) in [6.07, 6.45) is 0. The van der Waals surface area contributed by atoms with E-state index in [2.05, 4.69) is 204 Å². The third kappa shape index (κ3) is 5.12. The first kappa shape index (κ1) is 32.8. The topological polar surface area (TPSA) is 21.3 Å². The fourth-order valence-electron chi connectivity index (χ4n) is 8.91. The van der Waals surface area contributed by atoms with E-state index in [0.29, 0.717) is 0 Å². The van der Waals surface area contributed by atoms with Gasteiger partial charge in [0.15, 0.2) is 5.58 Å². The van der Waals surface area contributed by atoms with E-state index in [4.69, 9.17) is 4.42 Å². The van der Waals surface area contributed by atoms with Crippen molar-refractivity contribution in [3.05, 3.63) is 206 Å². The van der Waals surface area contributed by atoms with Crippen LogP contribution in [0.15, 0.2) is 211 Å². The average Bonchev–Trinajstić information content (AvgIpc) is 3.96. The van der Waals surface area contributed by atoms with Gasteiger partial charge in [0.1, 0.15) is 10.4 Å². The van der Waals surface area contributed by atoms with Gasteiger partial charge in [0.2, 0.25) is 0 Å². The first-order valence-electron chi connectivity index (χ1n) is 19.7. The molecule has 0 aliphatic rings. The van der Waals surface area contributed by atoms with Crippen molar-refractivity contribution in [3.63, 3.8) is 0 Å². The number of anilines is 3. The molecule has 12 aromatic rings. The maximum Gasteiger partial charge on any atom is 0.159 e. The number of para-hydroxylation sites is 4. The summed E-state index contributed by atoms with van der Waals surface area (Å²) in [5.74, 6) is 0. The lowest BCUT2D eigenvalue weighted by atomic mass is 9.98. The Morgan fingerprint density at radius 2 is 1.09 bits per heavy atom. The van der Waals surface area contributed by atoms with Gasteiger partial charge < -0.3 is 13.9 Å². The van der Waals surface area contributed by atoms with Crippen LogP contribution in [0.3, 0.4) is 0 Å². The number of furan rings is 1. The number of nitrogens with zero attached hydrogens (tertiary/aromatic N) is 2. The van der Waals surface area contributed by atoms with Crippen LogP contribution in [0.2, 0.25) is 0 Å². The number of thiophene rings is 1. The molecule has 0 aliphatic heterocycles. The van der Waals surface area contributed by atoms with E-state index in [9.17, 15) is 0 Å². The molecule has 272 valence electrons. The van der Waals surface area contributed by atoms with Crippen LogP contribution >= 0.6 is 11.3 Å². The highest BCUT2D eigenvalue weighted by Gasteiger charge is 2.21. The quantitative estimate of drug-likeness (QED) is 0.168. The van der Waals surface area contributed by atoms with Crippen molar-refractivity contribution in [1.82, 2.24) is 4.57 Å². The van der Waals surface area contributed by atoms with Gasteiger partial charge in [-0.15, -0.1) is 11.3 Å². The van der Waals surface area contributed by atoms with Crippen molar-refractivity contribution in [2.75, 3.05) is 4.90 Å². The van der Waals surface area contributed by atoms with Crippen LogP contribution < -0.4 is 4.90 Å².